The second kappa shape index (κ2) is 8.66. The van der Waals surface area contributed by atoms with Gasteiger partial charge in [-0.1, -0.05) is 23.9 Å². The van der Waals surface area contributed by atoms with Gasteiger partial charge in [0.25, 0.3) is 0 Å². The van der Waals surface area contributed by atoms with Gasteiger partial charge in [0.1, 0.15) is 11.4 Å². The summed E-state index contributed by atoms with van der Waals surface area (Å²) in [4.78, 5) is 32.3. The number of nitrogen functional groups attached to an aromatic ring is 1. The van der Waals surface area contributed by atoms with E-state index in [4.69, 9.17) is 10.5 Å². The average Bonchev–Trinajstić information content (AvgIpc) is 2.59. The van der Waals surface area contributed by atoms with Crippen LogP contribution < -0.4 is 11.1 Å². The number of carbonyl (C=O) groups is 2. The van der Waals surface area contributed by atoms with Crippen LogP contribution >= 0.6 is 11.8 Å². The van der Waals surface area contributed by atoms with E-state index >= 15 is 0 Å². The molecule has 3 N–H and O–H groups in total. The van der Waals surface area contributed by atoms with E-state index in [2.05, 4.69) is 15.3 Å². The van der Waals surface area contributed by atoms with Crippen LogP contribution in [0, 0.1) is 13.8 Å². The molecule has 0 aliphatic rings. The predicted octanol–water partition coefficient (Wildman–Crippen LogP) is 2.97. The van der Waals surface area contributed by atoms with Crippen molar-refractivity contribution in [2.75, 3.05) is 17.7 Å². The maximum Gasteiger partial charge on any atom is 0.343 e. The Morgan fingerprint density at radius 1 is 1.35 bits per heavy atom. The molecular weight excluding hydrogens is 352 g/mol. The molecule has 0 aliphatic carbocycles. The first-order chi connectivity index (χ1) is 12.3. The summed E-state index contributed by atoms with van der Waals surface area (Å²) in [6.45, 7) is 7.65. The minimum Gasteiger partial charge on any atom is -0.462 e. The Balaban J connectivity index is 2.06. The number of hydrogen-bond donors (Lipinski definition) is 2. The largest absolute Gasteiger partial charge is 0.462 e. The highest BCUT2D eigenvalue weighted by atomic mass is 32.2. The number of hydrogen-bond acceptors (Lipinski definition) is 7. The number of rotatable bonds is 6. The van der Waals surface area contributed by atoms with Crippen molar-refractivity contribution in [1.82, 2.24) is 9.97 Å². The number of amides is 1. The van der Waals surface area contributed by atoms with Crippen molar-refractivity contribution >= 4 is 35.1 Å². The normalized spacial score (nSPS) is 11.7. The number of nitrogens with one attached hydrogen (secondary N) is 1. The van der Waals surface area contributed by atoms with Gasteiger partial charge in [-0.2, -0.15) is 0 Å². The zero-order valence-electron chi connectivity index (χ0n) is 15.2. The molecule has 2 rings (SSSR count). The van der Waals surface area contributed by atoms with Crippen molar-refractivity contribution in [1.29, 1.82) is 0 Å². The molecule has 1 aromatic carbocycles. The second-order valence-corrected chi connectivity index (χ2v) is 6.98. The Hall–Kier alpha value is -2.61. The number of benzene rings is 1. The molecule has 138 valence electrons. The van der Waals surface area contributed by atoms with Gasteiger partial charge in [-0.15, -0.1) is 0 Å². The molecule has 1 heterocycles. The molecule has 0 bridgehead atoms. The summed E-state index contributed by atoms with van der Waals surface area (Å²) in [7, 11) is 0. The summed E-state index contributed by atoms with van der Waals surface area (Å²) >= 11 is 1.16. The topological polar surface area (TPSA) is 107 Å². The summed E-state index contributed by atoms with van der Waals surface area (Å²) < 4.78 is 4.89. The van der Waals surface area contributed by atoms with Crippen LogP contribution in [0.4, 0.5) is 11.5 Å². The van der Waals surface area contributed by atoms with Crippen LogP contribution in [0.1, 0.15) is 35.3 Å². The lowest BCUT2D eigenvalue weighted by Crippen LogP contribution is -2.23. The Kier molecular flexibility index (Phi) is 6.57. The smallest absolute Gasteiger partial charge is 0.343 e. The van der Waals surface area contributed by atoms with Crippen LogP contribution in [-0.2, 0) is 9.53 Å². The molecule has 1 aromatic heterocycles. The maximum absolute atomic E-state index is 12.4. The van der Waals surface area contributed by atoms with Gasteiger partial charge in [0.15, 0.2) is 5.16 Å². The Morgan fingerprint density at radius 3 is 2.73 bits per heavy atom. The standard InChI is InChI=1S/C18H22N4O3S/c1-5-25-17(24)13-9-20-18(22-15(13)19)26-12(4)16(23)21-14-8-6-7-10(2)11(14)3/h6-9,12H,5H2,1-4H3,(H,21,23)(H2,19,20,22)/t12-/m0/s1. The van der Waals surface area contributed by atoms with Gasteiger partial charge in [-0.05, 0) is 44.9 Å². The third-order valence-corrected chi connectivity index (χ3v) is 4.78. The van der Waals surface area contributed by atoms with Gasteiger partial charge in [0.05, 0.1) is 11.9 Å². The van der Waals surface area contributed by atoms with E-state index in [0.717, 1.165) is 28.6 Å². The fraction of sp³-hybridized carbons (Fsp3) is 0.333. The number of carbonyl (C=O) groups excluding carboxylic acids is 2. The average molecular weight is 374 g/mol. The van der Waals surface area contributed by atoms with Gasteiger partial charge in [0.2, 0.25) is 5.91 Å². The number of ether oxygens (including phenoxy) is 1. The lowest BCUT2D eigenvalue weighted by atomic mass is 10.1. The summed E-state index contributed by atoms with van der Waals surface area (Å²) in [5, 5.41) is 2.79. The molecular formula is C18H22N4O3S. The highest BCUT2D eigenvalue weighted by Crippen LogP contribution is 2.24. The van der Waals surface area contributed by atoms with Crippen molar-refractivity contribution in [2.45, 2.75) is 38.1 Å². The highest BCUT2D eigenvalue weighted by Gasteiger charge is 2.19. The van der Waals surface area contributed by atoms with E-state index < -0.39 is 11.2 Å². The lowest BCUT2D eigenvalue weighted by Gasteiger charge is -2.14. The van der Waals surface area contributed by atoms with Crippen LogP contribution in [0.5, 0.6) is 0 Å². The molecule has 26 heavy (non-hydrogen) atoms. The lowest BCUT2D eigenvalue weighted by molar-refractivity contribution is -0.115. The van der Waals surface area contributed by atoms with E-state index in [1.807, 2.05) is 32.0 Å². The molecule has 0 fully saturated rings. The predicted molar refractivity (Wildman–Crippen MR) is 102 cm³/mol. The third-order valence-electron chi connectivity index (χ3n) is 3.81. The van der Waals surface area contributed by atoms with Gasteiger partial charge >= 0.3 is 5.97 Å². The van der Waals surface area contributed by atoms with E-state index in [-0.39, 0.29) is 23.9 Å². The summed E-state index contributed by atoms with van der Waals surface area (Å²) in [6, 6.07) is 5.75. The van der Waals surface area contributed by atoms with Crippen LogP contribution in [0.3, 0.4) is 0 Å². The van der Waals surface area contributed by atoms with E-state index in [0.29, 0.717) is 5.16 Å². The van der Waals surface area contributed by atoms with E-state index in [1.54, 1.807) is 13.8 Å². The Morgan fingerprint density at radius 2 is 2.08 bits per heavy atom. The molecule has 0 saturated heterocycles. The SMILES string of the molecule is CCOC(=O)c1cnc(S[C@@H](C)C(=O)Nc2cccc(C)c2C)nc1N. The monoisotopic (exact) mass is 374 g/mol. The van der Waals surface area contributed by atoms with Crippen molar-refractivity contribution < 1.29 is 14.3 Å². The zero-order chi connectivity index (χ0) is 19.3. The van der Waals surface area contributed by atoms with Crippen molar-refractivity contribution in [3.63, 3.8) is 0 Å². The second-order valence-electron chi connectivity index (χ2n) is 5.67. The highest BCUT2D eigenvalue weighted by molar-refractivity contribution is 8.00. The zero-order valence-corrected chi connectivity index (χ0v) is 16.0. The molecule has 2 aromatic rings. The van der Waals surface area contributed by atoms with Gasteiger partial charge in [-0.25, -0.2) is 14.8 Å². The van der Waals surface area contributed by atoms with Crippen LogP contribution in [-0.4, -0.2) is 33.7 Å². The quantitative estimate of drug-likeness (QED) is 0.455. The molecule has 0 aliphatic heterocycles. The minimum absolute atomic E-state index is 0.0306. The first-order valence-corrected chi connectivity index (χ1v) is 9.04. The van der Waals surface area contributed by atoms with E-state index in [9.17, 15) is 9.59 Å². The number of thioether (sulfide) groups is 1. The minimum atomic E-state index is -0.567. The number of aromatic nitrogens is 2. The van der Waals surface area contributed by atoms with Gasteiger partial charge in [0, 0.05) is 11.9 Å². The number of nitrogens with two attached hydrogens (primary N) is 1. The first kappa shape index (κ1) is 19.7. The summed E-state index contributed by atoms with van der Waals surface area (Å²) in [5.74, 6) is -0.703. The van der Waals surface area contributed by atoms with Crippen LogP contribution in [0.15, 0.2) is 29.6 Å². The van der Waals surface area contributed by atoms with Crippen LogP contribution in [0.2, 0.25) is 0 Å². The van der Waals surface area contributed by atoms with Crippen molar-refractivity contribution in [3.8, 4) is 0 Å². The van der Waals surface area contributed by atoms with Crippen molar-refractivity contribution in [2.24, 2.45) is 0 Å². The Labute approximate surface area is 156 Å². The fourth-order valence-electron chi connectivity index (χ4n) is 2.13. The number of aryl methyl sites for hydroxylation is 1. The summed E-state index contributed by atoms with van der Waals surface area (Å²) in [5.41, 5.74) is 8.82. The molecule has 0 saturated carbocycles. The van der Waals surface area contributed by atoms with Crippen molar-refractivity contribution in [3.05, 3.63) is 41.1 Å². The molecule has 1 amide bonds. The van der Waals surface area contributed by atoms with Crippen LogP contribution in [0.25, 0.3) is 0 Å². The molecule has 7 nitrogen and oxygen atoms in total. The molecule has 0 radical (unpaired) electrons. The molecule has 1 atom stereocenters. The number of nitrogens with zero attached hydrogens (tertiary/aromatic N) is 2. The maximum atomic E-state index is 12.4. The van der Waals surface area contributed by atoms with E-state index in [1.165, 1.54) is 6.20 Å². The number of anilines is 2. The fourth-order valence-corrected chi connectivity index (χ4v) is 2.88. The third kappa shape index (κ3) is 4.72. The molecule has 8 heteroatoms. The van der Waals surface area contributed by atoms with Gasteiger partial charge < -0.3 is 15.8 Å². The Bertz CT molecular complexity index is 826. The molecule has 0 spiro atoms. The first-order valence-electron chi connectivity index (χ1n) is 8.16. The molecule has 0 unspecified atom stereocenters. The number of esters is 1. The summed E-state index contributed by atoms with van der Waals surface area (Å²) in [6.07, 6.45) is 1.32. The van der Waals surface area contributed by atoms with Gasteiger partial charge in [-0.3, -0.25) is 4.79 Å².